The molecule has 4 amide bonds. The van der Waals surface area contributed by atoms with Gasteiger partial charge >= 0.3 is 6.03 Å². The van der Waals surface area contributed by atoms with E-state index in [1.807, 2.05) is 26.2 Å². The van der Waals surface area contributed by atoms with Crippen LogP contribution in [0.5, 0.6) is 11.5 Å². The smallest absolute Gasteiger partial charge is 0.317 e. The van der Waals surface area contributed by atoms with Crippen molar-refractivity contribution in [1.82, 2.24) is 30.2 Å². The van der Waals surface area contributed by atoms with Crippen LogP contribution in [0.2, 0.25) is 0 Å². The maximum absolute atomic E-state index is 15.6. The quantitative estimate of drug-likeness (QED) is 0.255. The first-order valence-electron chi connectivity index (χ1n) is 17.9. The molecular formula is C36H47FN6O7S2. The van der Waals surface area contributed by atoms with E-state index in [1.54, 1.807) is 19.2 Å². The molecule has 3 N–H and O–H groups in total. The molecule has 0 bridgehead atoms. The summed E-state index contributed by atoms with van der Waals surface area (Å²) in [6, 6.07) is 3.18. The van der Waals surface area contributed by atoms with E-state index < -0.39 is 50.5 Å². The van der Waals surface area contributed by atoms with Gasteiger partial charge in [0.15, 0.2) is 11.6 Å². The van der Waals surface area contributed by atoms with E-state index in [1.165, 1.54) is 29.4 Å². The average Bonchev–Trinajstić information content (AvgIpc) is 4.03. The molecule has 3 aromatic rings. The summed E-state index contributed by atoms with van der Waals surface area (Å²) < 4.78 is 54.8. The number of aromatic nitrogens is 2. The summed E-state index contributed by atoms with van der Waals surface area (Å²) in [5.41, 5.74) is -0.116. The minimum Gasteiger partial charge on any atom is -0.494 e. The standard InChI is InChI=1S/C36H47FN6O7S2/c1-20(2)27-19-51-33(39-27)26-17-29(23-12-13-28(49-5)30(37)31(23)38-26)50-16-14-25-32(44)41-36(34(45)42-52(47,48)22-10-11-22)18-24(36)21(3)9-7-6-8-15-43(4)35(46)40-25/h12-13,17,19-22,24-25H,6-11,14-16,18H2,1-5H3,(H,40,46)(H,41,44)(H,42,45)/t21?,24-,25-,36+/m0/s1. The topological polar surface area (TPSA) is 169 Å². The number of fused-ring (bicyclic) bond motifs is 2. The van der Waals surface area contributed by atoms with Crippen LogP contribution < -0.4 is 24.8 Å². The van der Waals surface area contributed by atoms with Crippen molar-refractivity contribution < 1.29 is 36.7 Å². The van der Waals surface area contributed by atoms with Crippen LogP contribution in [0.1, 0.15) is 83.7 Å². The Kier molecular flexibility index (Phi) is 11.0. The van der Waals surface area contributed by atoms with Crippen LogP contribution in [-0.2, 0) is 19.6 Å². The van der Waals surface area contributed by atoms with Gasteiger partial charge in [-0.25, -0.2) is 27.6 Å². The van der Waals surface area contributed by atoms with Crippen molar-refractivity contribution in [2.24, 2.45) is 11.8 Å². The second-order valence-electron chi connectivity index (χ2n) is 14.5. The van der Waals surface area contributed by atoms with Gasteiger partial charge in [0, 0.05) is 36.8 Å². The highest BCUT2D eigenvalue weighted by molar-refractivity contribution is 7.91. The number of halogens is 1. The van der Waals surface area contributed by atoms with Gasteiger partial charge in [0.25, 0.3) is 5.91 Å². The molecule has 0 radical (unpaired) electrons. The van der Waals surface area contributed by atoms with Gasteiger partial charge in [-0.05, 0) is 55.6 Å². The lowest BCUT2D eigenvalue weighted by molar-refractivity contribution is -0.130. The Hall–Kier alpha value is -4.05. The predicted octanol–water partition coefficient (Wildman–Crippen LogP) is 5.10. The molecule has 1 unspecified atom stereocenters. The number of carbonyl (C=O) groups excluding carboxylic acids is 3. The summed E-state index contributed by atoms with van der Waals surface area (Å²) in [7, 11) is -0.837. The molecule has 16 heteroatoms. The Balaban J connectivity index is 1.27. The second kappa shape index (κ2) is 15.1. The first-order chi connectivity index (χ1) is 24.7. The number of hydrogen-bond donors (Lipinski definition) is 3. The normalized spacial score (nSPS) is 24.4. The molecule has 6 rings (SSSR count). The second-order valence-corrected chi connectivity index (χ2v) is 17.4. The van der Waals surface area contributed by atoms with Gasteiger partial charge < -0.3 is 25.0 Å². The van der Waals surface area contributed by atoms with Crippen LogP contribution in [0.15, 0.2) is 23.6 Å². The third-order valence-corrected chi connectivity index (χ3v) is 13.0. The number of hydrogen-bond acceptors (Lipinski definition) is 10. The highest BCUT2D eigenvalue weighted by Gasteiger charge is 2.64. The van der Waals surface area contributed by atoms with E-state index in [0.717, 1.165) is 31.4 Å². The monoisotopic (exact) mass is 758 g/mol. The van der Waals surface area contributed by atoms with Gasteiger partial charge in [0.1, 0.15) is 33.5 Å². The fourth-order valence-electron chi connectivity index (χ4n) is 6.80. The van der Waals surface area contributed by atoms with Gasteiger partial charge in [-0.15, -0.1) is 11.3 Å². The van der Waals surface area contributed by atoms with Gasteiger partial charge in [-0.1, -0.05) is 40.0 Å². The largest absolute Gasteiger partial charge is 0.494 e. The van der Waals surface area contributed by atoms with Crippen molar-refractivity contribution in [2.45, 2.75) is 94.9 Å². The van der Waals surface area contributed by atoms with Crippen LogP contribution >= 0.6 is 11.3 Å². The molecule has 1 aromatic carbocycles. The Morgan fingerprint density at radius 2 is 1.92 bits per heavy atom. The Bertz CT molecular complexity index is 1950. The Morgan fingerprint density at radius 3 is 2.62 bits per heavy atom. The lowest BCUT2D eigenvalue weighted by atomic mass is 9.94. The predicted molar refractivity (Wildman–Crippen MR) is 195 cm³/mol. The number of benzene rings is 1. The van der Waals surface area contributed by atoms with E-state index in [9.17, 15) is 22.8 Å². The summed E-state index contributed by atoms with van der Waals surface area (Å²) in [4.78, 5) is 51.8. The van der Waals surface area contributed by atoms with E-state index in [-0.39, 0.29) is 42.0 Å². The number of sulfonamides is 1. The zero-order chi connectivity index (χ0) is 37.4. The lowest BCUT2D eigenvalue weighted by Gasteiger charge is -2.27. The fraction of sp³-hybridized carbons (Fsp3) is 0.583. The van der Waals surface area contributed by atoms with Gasteiger partial charge in [-0.2, -0.15) is 0 Å². The van der Waals surface area contributed by atoms with Gasteiger partial charge in [0.2, 0.25) is 15.9 Å². The minimum absolute atomic E-state index is 0.0175. The Morgan fingerprint density at radius 1 is 1.15 bits per heavy atom. The number of amides is 4. The third kappa shape index (κ3) is 7.97. The number of ether oxygens (including phenoxy) is 2. The number of urea groups is 1. The number of nitrogens with zero attached hydrogens (tertiary/aromatic N) is 3. The van der Waals surface area contributed by atoms with Crippen LogP contribution in [0.4, 0.5) is 9.18 Å². The zero-order valence-electron chi connectivity index (χ0n) is 30.2. The highest BCUT2D eigenvalue weighted by Crippen LogP contribution is 2.50. The van der Waals surface area contributed by atoms with Crippen LogP contribution in [-0.4, -0.2) is 85.3 Å². The molecule has 2 aliphatic carbocycles. The Labute approximate surface area is 307 Å². The van der Waals surface area contributed by atoms with Crippen molar-refractivity contribution in [3.8, 4) is 22.2 Å². The molecular weight excluding hydrogens is 712 g/mol. The molecule has 3 fully saturated rings. The van der Waals surface area contributed by atoms with Gasteiger partial charge in [-0.3, -0.25) is 14.3 Å². The molecule has 0 spiro atoms. The van der Waals surface area contributed by atoms with Crippen molar-refractivity contribution in [1.29, 1.82) is 0 Å². The maximum Gasteiger partial charge on any atom is 0.317 e. The highest BCUT2D eigenvalue weighted by atomic mass is 32.2. The fourth-order valence-corrected chi connectivity index (χ4v) is 9.10. The number of pyridine rings is 1. The molecule has 1 aliphatic heterocycles. The molecule has 13 nitrogen and oxygen atoms in total. The number of nitrogens with one attached hydrogen (secondary N) is 3. The van der Waals surface area contributed by atoms with Crippen LogP contribution in [0, 0.1) is 17.7 Å². The summed E-state index contributed by atoms with van der Waals surface area (Å²) in [6.07, 6.45) is 4.57. The minimum atomic E-state index is -3.86. The molecule has 1 saturated heterocycles. The van der Waals surface area contributed by atoms with E-state index in [4.69, 9.17) is 9.47 Å². The molecule has 52 heavy (non-hydrogen) atoms. The SMILES string of the molecule is COc1ccc2c(OCC[C@@H]3NC(=O)N(C)CCCCCC(C)[C@@H]4C[C@@]4(C(=O)NS(=O)(=O)C4CC4)NC3=O)cc(-c3nc(C(C)C)cs3)nc2c1F. The zero-order valence-corrected chi connectivity index (χ0v) is 31.8. The molecule has 282 valence electrons. The first kappa shape index (κ1) is 37.7. The molecule has 3 heterocycles. The van der Waals surface area contributed by atoms with Crippen LogP contribution in [0.3, 0.4) is 0 Å². The van der Waals surface area contributed by atoms with Crippen molar-refractivity contribution in [3.05, 3.63) is 35.1 Å². The molecule has 4 atom stereocenters. The van der Waals surface area contributed by atoms with E-state index in [0.29, 0.717) is 47.6 Å². The van der Waals surface area contributed by atoms with Crippen LogP contribution in [0.25, 0.3) is 21.6 Å². The number of carbonyl (C=O) groups is 3. The molecule has 3 aliphatic rings. The lowest BCUT2D eigenvalue weighted by Crippen LogP contribution is -2.58. The third-order valence-electron chi connectivity index (χ3n) is 10.3. The summed E-state index contributed by atoms with van der Waals surface area (Å²) in [6.45, 7) is 6.48. The maximum atomic E-state index is 15.6. The summed E-state index contributed by atoms with van der Waals surface area (Å²) in [5, 5.41) is 7.96. The van der Waals surface area contributed by atoms with Crippen molar-refractivity contribution >= 4 is 50.1 Å². The summed E-state index contributed by atoms with van der Waals surface area (Å²) >= 11 is 1.38. The average molecular weight is 759 g/mol. The number of thiazole rings is 1. The summed E-state index contributed by atoms with van der Waals surface area (Å²) in [5.74, 6) is -1.75. The first-order valence-corrected chi connectivity index (χ1v) is 20.3. The van der Waals surface area contributed by atoms with Crippen molar-refractivity contribution in [3.63, 3.8) is 0 Å². The van der Waals surface area contributed by atoms with E-state index >= 15 is 4.39 Å². The van der Waals surface area contributed by atoms with E-state index in [2.05, 4.69) is 25.3 Å². The number of rotatable bonds is 10. The van der Waals surface area contributed by atoms with Gasteiger partial charge in [0.05, 0.1) is 24.7 Å². The molecule has 2 saturated carbocycles. The number of methoxy groups -OCH3 is 1. The van der Waals surface area contributed by atoms with Crippen molar-refractivity contribution in [2.75, 3.05) is 27.3 Å². The molecule has 2 aromatic heterocycles.